The Morgan fingerprint density at radius 1 is 1.10 bits per heavy atom. The molecule has 0 radical (unpaired) electrons. The lowest BCUT2D eigenvalue weighted by Gasteiger charge is -2.34. The number of carbonyl (C=O) groups is 2. The number of amides is 2. The molecule has 0 spiro atoms. The van der Waals surface area contributed by atoms with Crippen LogP contribution in [0.1, 0.15) is 16.5 Å². The highest BCUT2D eigenvalue weighted by molar-refractivity contribution is 7.10. The highest BCUT2D eigenvalue weighted by atomic mass is 32.1. The zero-order valence-corrected chi connectivity index (χ0v) is 16.5. The molecular weight excluding hydrogens is 386 g/mol. The fourth-order valence-corrected chi connectivity index (χ4v) is 4.21. The van der Waals surface area contributed by atoms with Gasteiger partial charge in [-0.15, -0.1) is 11.3 Å². The number of carbonyl (C=O) groups excluding carboxylic acids is 2. The number of ether oxygens (including phenoxy) is 1. The maximum absolute atomic E-state index is 13.0. The van der Waals surface area contributed by atoms with Gasteiger partial charge in [0.15, 0.2) is 6.10 Å². The van der Waals surface area contributed by atoms with Crippen molar-refractivity contribution in [1.29, 1.82) is 0 Å². The van der Waals surface area contributed by atoms with E-state index in [2.05, 4.69) is 5.32 Å². The topological polar surface area (TPSA) is 84.7 Å². The third-order valence-electron chi connectivity index (χ3n) is 4.78. The highest BCUT2D eigenvalue weighted by Crippen LogP contribution is 2.33. The van der Waals surface area contributed by atoms with Gasteiger partial charge >= 0.3 is 0 Å². The van der Waals surface area contributed by atoms with E-state index in [1.807, 2.05) is 70.9 Å². The molecule has 2 atom stereocenters. The van der Waals surface area contributed by atoms with Crippen molar-refractivity contribution < 1.29 is 14.3 Å². The van der Waals surface area contributed by atoms with Crippen LogP contribution in [0.15, 0.2) is 72.1 Å². The molecule has 4 rings (SSSR count). The lowest BCUT2D eigenvalue weighted by atomic mass is 10.1. The maximum atomic E-state index is 13.0. The largest absolute Gasteiger partial charge is 0.477 e. The van der Waals surface area contributed by atoms with E-state index in [4.69, 9.17) is 10.5 Å². The average Bonchev–Trinajstić information content (AvgIpc) is 3.27. The second kappa shape index (κ2) is 8.36. The molecule has 1 aliphatic rings. The predicted octanol–water partition coefficient (Wildman–Crippen LogP) is 2.71. The van der Waals surface area contributed by atoms with Crippen LogP contribution in [0.3, 0.4) is 0 Å². The summed E-state index contributed by atoms with van der Waals surface area (Å²) in [5.41, 5.74) is 7.23. The zero-order valence-electron chi connectivity index (χ0n) is 15.7. The van der Waals surface area contributed by atoms with Gasteiger partial charge in [-0.3, -0.25) is 9.59 Å². The van der Waals surface area contributed by atoms with Crippen LogP contribution >= 0.6 is 11.3 Å². The molecule has 3 aromatic rings. The summed E-state index contributed by atoms with van der Waals surface area (Å²) in [5.74, 6) is -0.147. The first-order chi connectivity index (χ1) is 14.1. The Labute approximate surface area is 172 Å². The summed E-state index contributed by atoms with van der Waals surface area (Å²) in [6, 6.07) is 20.9. The molecule has 0 unspecified atom stereocenters. The number of nitrogens with zero attached hydrogens (tertiary/aromatic N) is 1. The van der Waals surface area contributed by atoms with Gasteiger partial charge in [0, 0.05) is 4.88 Å². The van der Waals surface area contributed by atoms with Crippen molar-refractivity contribution in [3.63, 3.8) is 0 Å². The first-order valence-corrected chi connectivity index (χ1v) is 10.2. The molecule has 0 saturated carbocycles. The molecule has 2 amide bonds. The van der Waals surface area contributed by atoms with Gasteiger partial charge in [0.2, 0.25) is 5.91 Å². The van der Waals surface area contributed by atoms with Crippen LogP contribution in [-0.4, -0.2) is 31.0 Å². The van der Waals surface area contributed by atoms with Crippen LogP contribution in [0.5, 0.6) is 5.75 Å². The average molecular weight is 407 g/mol. The lowest BCUT2D eigenvalue weighted by molar-refractivity contribution is -0.125. The van der Waals surface area contributed by atoms with Gasteiger partial charge < -0.3 is 20.7 Å². The van der Waals surface area contributed by atoms with E-state index in [0.717, 1.165) is 16.1 Å². The van der Waals surface area contributed by atoms with E-state index < -0.39 is 12.0 Å². The molecule has 3 N–H and O–H groups in total. The number of hydrogen-bond acceptors (Lipinski definition) is 5. The van der Waals surface area contributed by atoms with Gasteiger partial charge in [-0.25, -0.2) is 0 Å². The van der Waals surface area contributed by atoms with Crippen molar-refractivity contribution in [2.75, 3.05) is 18.0 Å². The molecule has 148 valence electrons. The SMILES string of the molecule is NC(=O)[C@@H]1CN(CC(=O)N[C@H](c2ccccc2)c2cccs2)c2ccccc2O1. The Morgan fingerprint density at radius 3 is 2.59 bits per heavy atom. The van der Waals surface area contributed by atoms with Gasteiger partial charge in [0.05, 0.1) is 24.8 Å². The number of benzene rings is 2. The number of fused-ring (bicyclic) bond motifs is 1. The number of rotatable bonds is 6. The quantitative estimate of drug-likeness (QED) is 0.658. The molecule has 2 aromatic carbocycles. The smallest absolute Gasteiger partial charge is 0.260 e. The zero-order chi connectivity index (χ0) is 20.2. The number of anilines is 1. The third-order valence-corrected chi connectivity index (χ3v) is 5.72. The Kier molecular flexibility index (Phi) is 5.48. The summed E-state index contributed by atoms with van der Waals surface area (Å²) in [6.45, 7) is 0.327. The Balaban J connectivity index is 1.54. The van der Waals surface area contributed by atoms with Gasteiger partial charge in [0.25, 0.3) is 5.91 Å². The van der Waals surface area contributed by atoms with Crippen LogP contribution in [-0.2, 0) is 9.59 Å². The van der Waals surface area contributed by atoms with Crippen molar-refractivity contribution >= 4 is 28.8 Å². The number of hydrogen-bond donors (Lipinski definition) is 2. The van der Waals surface area contributed by atoms with E-state index in [1.165, 1.54) is 0 Å². The van der Waals surface area contributed by atoms with Gasteiger partial charge in [-0.05, 0) is 29.1 Å². The van der Waals surface area contributed by atoms with Crippen LogP contribution in [0.25, 0.3) is 0 Å². The Hall–Kier alpha value is -3.32. The van der Waals surface area contributed by atoms with Crippen LogP contribution in [0.2, 0.25) is 0 Å². The van der Waals surface area contributed by atoms with Crippen molar-refractivity contribution in [1.82, 2.24) is 5.32 Å². The minimum absolute atomic E-state index is 0.0961. The Bertz CT molecular complexity index is 992. The fourth-order valence-electron chi connectivity index (χ4n) is 3.40. The van der Waals surface area contributed by atoms with E-state index in [0.29, 0.717) is 5.75 Å². The first-order valence-electron chi connectivity index (χ1n) is 9.29. The summed E-state index contributed by atoms with van der Waals surface area (Å²) in [4.78, 5) is 27.5. The fraction of sp³-hybridized carbons (Fsp3) is 0.182. The summed E-state index contributed by atoms with van der Waals surface area (Å²) in [5, 5.41) is 5.12. The number of primary amides is 1. The van der Waals surface area contributed by atoms with Gasteiger partial charge in [-0.2, -0.15) is 0 Å². The van der Waals surface area contributed by atoms with Crippen LogP contribution in [0, 0.1) is 0 Å². The standard InChI is InChI=1S/C22H21N3O3S/c23-22(27)18-13-25(16-9-4-5-10-17(16)28-18)14-20(26)24-21(19-11-6-12-29-19)15-7-2-1-3-8-15/h1-12,18,21H,13-14H2,(H2,23,27)(H,24,26)/t18-,21+/m0/s1. The lowest BCUT2D eigenvalue weighted by Crippen LogP contribution is -2.50. The van der Waals surface area contributed by atoms with Crippen LogP contribution < -0.4 is 20.7 Å². The molecule has 1 aromatic heterocycles. The van der Waals surface area contributed by atoms with Gasteiger partial charge in [-0.1, -0.05) is 48.5 Å². The summed E-state index contributed by atoms with van der Waals surface area (Å²) in [6.07, 6.45) is -0.792. The minimum atomic E-state index is -0.792. The monoisotopic (exact) mass is 407 g/mol. The molecule has 0 aliphatic carbocycles. The summed E-state index contributed by atoms with van der Waals surface area (Å²) in [7, 11) is 0. The van der Waals surface area contributed by atoms with Crippen molar-refractivity contribution in [3.05, 3.63) is 82.6 Å². The molecule has 0 bridgehead atoms. The third kappa shape index (κ3) is 4.25. The normalized spacial score (nSPS) is 16.4. The highest BCUT2D eigenvalue weighted by Gasteiger charge is 2.30. The molecule has 0 fully saturated rings. The molecule has 1 aliphatic heterocycles. The van der Waals surface area contributed by atoms with Crippen molar-refractivity contribution in [2.45, 2.75) is 12.1 Å². The number of thiophene rings is 1. The number of nitrogens with two attached hydrogens (primary N) is 1. The molecule has 29 heavy (non-hydrogen) atoms. The molecule has 7 heteroatoms. The second-order valence-corrected chi connectivity index (χ2v) is 7.76. The molecule has 0 saturated heterocycles. The number of nitrogens with one attached hydrogen (secondary N) is 1. The van der Waals surface area contributed by atoms with Crippen molar-refractivity contribution in [2.24, 2.45) is 5.73 Å². The Morgan fingerprint density at radius 2 is 1.86 bits per heavy atom. The molecule has 2 heterocycles. The van der Waals surface area contributed by atoms with E-state index in [1.54, 1.807) is 17.4 Å². The summed E-state index contributed by atoms with van der Waals surface area (Å²) >= 11 is 1.60. The predicted molar refractivity (Wildman–Crippen MR) is 113 cm³/mol. The summed E-state index contributed by atoms with van der Waals surface area (Å²) < 4.78 is 5.67. The molecular formula is C22H21N3O3S. The van der Waals surface area contributed by atoms with Crippen molar-refractivity contribution in [3.8, 4) is 5.75 Å². The van der Waals surface area contributed by atoms with E-state index >= 15 is 0 Å². The second-order valence-electron chi connectivity index (χ2n) is 6.78. The van der Waals surface area contributed by atoms with E-state index in [-0.39, 0.29) is 25.0 Å². The minimum Gasteiger partial charge on any atom is -0.477 e. The van der Waals surface area contributed by atoms with E-state index in [9.17, 15) is 9.59 Å². The van der Waals surface area contributed by atoms with Crippen LogP contribution in [0.4, 0.5) is 5.69 Å². The van der Waals surface area contributed by atoms with Gasteiger partial charge in [0.1, 0.15) is 5.75 Å². The molecule has 6 nitrogen and oxygen atoms in total. The number of para-hydroxylation sites is 2. The first kappa shape index (κ1) is 19.0. The maximum Gasteiger partial charge on any atom is 0.260 e.